The second-order valence-electron chi connectivity index (χ2n) is 3.06. The number of aromatic nitrogens is 1. The molecular weight excluding hydrogens is 214 g/mol. The molecule has 0 aliphatic carbocycles. The van der Waals surface area contributed by atoms with Gasteiger partial charge in [-0.3, -0.25) is 0 Å². The van der Waals surface area contributed by atoms with Gasteiger partial charge in [0.25, 0.3) is 0 Å². The largest absolute Gasteiger partial charge is 0.478 e. The maximum absolute atomic E-state index is 10.8. The van der Waals surface area contributed by atoms with Gasteiger partial charge >= 0.3 is 5.97 Å². The molecule has 2 aromatic rings. The van der Waals surface area contributed by atoms with Crippen LogP contribution >= 0.6 is 11.3 Å². The third kappa shape index (κ3) is 1.48. The van der Waals surface area contributed by atoms with Gasteiger partial charge in [0.2, 0.25) is 4.80 Å². The Balaban J connectivity index is 2.79. The average molecular weight is 223 g/mol. The number of hydrogen-bond acceptors (Lipinski definition) is 4. The Kier molecular flexibility index (Phi) is 2.20. The lowest BCUT2D eigenvalue weighted by Crippen LogP contribution is -2.12. The number of carboxylic acids is 1. The van der Waals surface area contributed by atoms with Gasteiger partial charge in [0.1, 0.15) is 0 Å². The molecule has 0 aliphatic heterocycles. The van der Waals surface area contributed by atoms with Crippen molar-refractivity contribution >= 4 is 27.5 Å². The number of nitrogens with two attached hydrogens (primary N) is 1. The van der Waals surface area contributed by atoms with Crippen molar-refractivity contribution in [2.75, 3.05) is 0 Å². The average Bonchev–Trinajstić information content (AvgIpc) is 2.55. The van der Waals surface area contributed by atoms with Crippen LogP contribution in [0.3, 0.4) is 0 Å². The molecule has 78 valence electrons. The molecule has 0 amide bonds. The van der Waals surface area contributed by atoms with Crippen LogP contribution in [0.25, 0.3) is 10.2 Å². The fourth-order valence-corrected chi connectivity index (χ4v) is 2.37. The van der Waals surface area contributed by atoms with Crippen LogP contribution in [0.15, 0.2) is 23.3 Å². The van der Waals surface area contributed by atoms with Gasteiger partial charge in [-0.1, -0.05) is 11.3 Å². The van der Waals surface area contributed by atoms with Gasteiger partial charge in [0.05, 0.1) is 15.8 Å². The zero-order chi connectivity index (χ0) is 11.0. The number of hydrogen-bond donors (Lipinski definition) is 2. The summed E-state index contributed by atoms with van der Waals surface area (Å²) in [5.74, 6) is 4.28. The normalized spacial score (nSPS) is 12.2. The van der Waals surface area contributed by atoms with Crippen LogP contribution in [0, 0.1) is 0 Å². The lowest BCUT2D eigenvalue weighted by Gasteiger charge is -1.96. The van der Waals surface area contributed by atoms with Crippen LogP contribution in [-0.4, -0.2) is 15.6 Å². The predicted molar refractivity (Wildman–Crippen MR) is 57.5 cm³/mol. The van der Waals surface area contributed by atoms with Crippen molar-refractivity contribution in [1.29, 1.82) is 0 Å². The van der Waals surface area contributed by atoms with Crippen molar-refractivity contribution in [3.63, 3.8) is 0 Å². The zero-order valence-electron chi connectivity index (χ0n) is 7.97. The number of rotatable bonds is 1. The fourth-order valence-electron chi connectivity index (χ4n) is 1.39. The Labute approximate surface area is 89.1 Å². The van der Waals surface area contributed by atoms with E-state index in [4.69, 9.17) is 10.9 Å². The van der Waals surface area contributed by atoms with Gasteiger partial charge in [0.15, 0.2) is 0 Å². The van der Waals surface area contributed by atoms with Gasteiger partial charge in [0, 0.05) is 7.05 Å². The molecule has 1 aromatic carbocycles. The predicted octanol–water partition coefficient (Wildman–Crippen LogP) is 0.712. The second kappa shape index (κ2) is 3.39. The molecule has 5 nitrogen and oxygen atoms in total. The summed E-state index contributed by atoms with van der Waals surface area (Å²) in [4.78, 5) is 11.4. The number of thiazole rings is 1. The van der Waals surface area contributed by atoms with Crippen LogP contribution in [0.1, 0.15) is 10.4 Å². The third-order valence-electron chi connectivity index (χ3n) is 2.17. The molecule has 0 saturated heterocycles. The first-order valence-electron chi connectivity index (χ1n) is 4.20. The minimum absolute atomic E-state index is 0.271. The first-order valence-corrected chi connectivity index (χ1v) is 5.02. The first kappa shape index (κ1) is 9.72. The molecule has 2 rings (SSSR count). The summed E-state index contributed by atoms with van der Waals surface area (Å²) in [6.45, 7) is 0. The summed E-state index contributed by atoms with van der Waals surface area (Å²) in [6, 6.07) is 4.94. The SMILES string of the molecule is Cn1/c(=N\N)sc2cc(C(=O)O)ccc21. The first-order chi connectivity index (χ1) is 7.13. The molecule has 15 heavy (non-hydrogen) atoms. The highest BCUT2D eigenvalue weighted by molar-refractivity contribution is 7.16. The molecule has 0 unspecified atom stereocenters. The fraction of sp³-hybridized carbons (Fsp3) is 0.111. The van der Waals surface area contributed by atoms with Crippen molar-refractivity contribution in [2.45, 2.75) is 0 Å². The van der Waals surface area contributed by atoms with E-state index >= 15 is 0 Å². The van der Waals surface area contributed by atoms with Crippen molar-refractivity contribution in [3.05, 3.63) is 28.6 Å². The topological polar surface area (TPSA) is 80.6 Å². The van der Waals surface area contributed by atoms with Crippen molar-refractivity contribution in [2.24, 2.45) is 18.0 Å². The van der Waals surface area contributed by atoms with Gasteiger partial charge in [-0.25, -0.2) is 4.79 Å². The molecule has 0 spiro atoms. The molecule has 0 bridgehead atoms. The van der Waals surface area contributed by atoms with Crippen molar-refractivity contribution in [1.82, 2.24) is 4.57 Å². The highest BCUT2D eigenvalue weighted by Gasteiger charge is 2.07. The maximum Gasteiger partial charge on any atom is 0.335 e. The summed E-state index contributed by atoms with van der Waals surface area (Å²) >= 11 is 1.36. The molecular formula is C9H9N3O2S. The van der Waals surface area contributed by atoms with Crippen molar-refractivity contribution < 1.29 is 9.90 Å². The quantitative estimate of drug-likeness (QED) is 0.552. The number of carbonyl (C=O) groups is 1. The monoisotopic (exact) mass is 223 g/mol. The van der Waals surface area contributed by atoms with E-state index in [-0.39, 0.29) is 5.56 Å². The standard InChI is InChI=1S/C9H9N3O2S/c1-12-6-3-2-5(8(13)14)4-7(6)15-9(12)11-10/h2-4H,10H2,1H3,(H,13,14)/b11-9+. The molecule has 0 fully saturated rings. The molecule has 6 heteroatoms. The van der Waals surface area contributed by atoms with Crippen molar-refractivity contribution in [3.8, 4) is 0 Å². The van der Waals surface area contributed by atoms with E-state index in [0.717, 1.165) is 10.2 Å². The van der Waals surface area contributed by atoms with E-state index in [9.17, 15) is 4.79 Å². The van der Waals surface area contributed by atoms with E-state index in [0.29, 0.717) is 4.80 Å². The van der Waals surface area contributed by atoms with Gasteiger partial charge < -0.3 is 15.5 Å². The summed E-state index contributed by atoms with van der Waals surface area (Å²) < 4.78 is 2.69. The van der Waals surface area contributed by atoms with E-state index < -0.39 is 5.97 Å². The molecule has 1 heterocycles. The van der Waals surface area contributed by atoms with Gasteiger partial charge in [-0.15, -0.1) is 0 Å². The highest BCUT2D eigenvalue weighted by Crippen LogP contribution is 2.18. The van der Waals surface area contributed by atoms with E-state index in [1.807, 2.05) is 11.6 Å². The number of fused-ring (bicyclic) bond motifs is 1. The van der Waals surface area contributed by atoms with Gasteiger partial charge in [-0.05, 0) is 18.2 Å². The molecule has 0 saturated carbocycles. The van der Waals surface area contributed by atoms with E-state index in [1.165, 1.54) is 11.3 Å². The summed E-state index contributed by atoms with van der Waals surface area (Å²) in [5.41, 5.74) is 1.20. The molecule has 3 N–H and O–H groups in total. The highest BCUT2D eigenvalue weighted by atomic mass is 32.1. The van der Waals surface area contributed by atoms with Crippen LogP contribution < -0.4 is 10.6 Å². The molecule has 1 aromatic heterocycles. The van der Waals surface area contributed by atoms with Crippen LogP contribution in [-0.2, 0) is 7.05 Å². The number of aromatic carboxylic acids is 1. The second-order valence-corrected chi connectivity index (χ2v) is 4.07. The van der Waals surface area contributed by atoms with E-state index in [1.54, 1.807) is 18.2 Å². The molecule has 0 aliphatic rings. The van der Waals surface area contributed by atoms with Gasteiger partial charge in [-0.2, -0.15) is 5.10 Å². The number of carboxylic acid groups (broad SMARTS) is 1. The van der Waals surface area contributed by atoms with Crippen LogP contribution in [0.4, 0.5) is 0 Å². The Morgan fingerprint density at radius 3 is 2.93 bits per heavy atom. The summed E-state index contributed by atoms with van der Waals surface area (Å²) in [6.07, 6.45) is 0. The lowest BCUT2D eigenvalue weighted by atomic mass is 10.2. The molecule has 0 atom stereocenters. The minimum atomic E-state index is -0.931. The third-order valence-corrected chi connectivity index (χ3v) is 3.28. The number of nitrogens with zero attached hydrogens (tertiary/aromatic N) is 2. The van der Waals surface area contributed by atoms with E-state index in [2.05, 4.69) is 5.10 Å². The smallest absolute Gasteiger partial charge is 0.335 e. The Hall–Kier alpha value is -1.82. The molecule has 0 radical (unpaired) electrons. The maximum atomic E-state index is 10.8. The lowest BCUT2D eigenvalue weighted by molar-refractivity contribution is 0.0697. The van der Waals surface area contributed by atoms with Crippen LogP contribution in [0.2, 0.25) is 0 Å². The van der Waals surface area contributed by atoms with Crippen LogP contribution in [0.5, 0.6) is 0 Å². The summed E-state index contributed by atoms with van der Waals surface area (Å²) in [7, 11) is 1.84. The Morgan fingerprint density at radius 2 is 2.33 bits per heavy atom. The summed E-state index contributed by atoms with van der Waals surface area (Å²) in [5, 5.41) is 12.4. The number of benzene rings is 1. The number of aryl methyl sites for hydroxylation is 1. The Morgan fingerprint density at radius 1 is 1.60 bits per heavy atom. The minimum Gasteiger partial charge on any atom is -0.478 e. The Bertz CT molecular complexity index is 597. The zero-order valence-corrected chi connectivity index (χ0v) is 8.78.